The summed E-state index contributed by atoms with van der Waals surface area (Å²) < 4.78 is 6.76. The molecule has 0 saturated heterocycles. The van der Waals surface area contributed by atoms with Crippen LogP contribution in [-0.2, 0) is 0 Å². The Morgan fingerprint density at radius 1 is 1.15 bits per heavy atom. The normalized spacial score (nSPS) is 11.2. The molecule has 0 bridgehead atoms. The van der Waals surface area contributed by atoms with Gasteiger partial charge in [0.2, 0.25) is 5.13 Å². The molecular formula is C19H12N3O3S-. The van der Waals surface area contributed by atoms with Crippen LogP contribution >= 0.6 is 11.3 Å². The van der Waals surface area contributed by atoms with Crippen LogP contribution in [0.4, 0.5) is 5.13 Å². The fourth-order valence-electron chi connectivity index (χ4n) is 2.45. The van der Waals surface area contributed by atoms with E-state index < -0.39 is 5.97 Å². The van der Waals surface area contributed by atoms with Crippen LogP contribution in [0.25, 0.3) is 21.5 Å². The molecule has 0 aliphatic heterocycles. The van der Waals surface area contributed by atoms with E-state index in [1.165, 1.54) is 29.7 Å². The van der Waals surface area contributed by atoms with Crippen molar-refractivity contribution in [1.82, 2.24) is 4.98 Å². The highest BCUT2D eigenvalue weighted by Crippen LogP contribution is 2.25. The predicted molar refractivity (Wildman–Crippen MR) is 99.3 cm³/mol. The summed E-state index contributed by atoms with van der Waals surface area (Å²) in [5, 5.41) is 15.8. The van der Waals surface area contributed by atoms with Gasteiger partial charge in [-0.3, -0.25) is 5.43 Å². The van der Waals surface area contributed by atoms with Gasteiger partial charge in [0, 0.05) is 5.56 Å². The average Bonchev–Trinajstić information content (AvgIpc) is 3.28. The van der Waals surface area contributed by atoms with Gasteiger partial charge in [-0.1, -0.05) is 41.7 Å². The molecule has 128 valence electrons. The summed E-state index contributed by atoms with van der Waals surface area (Å²) in [6.45, 7) is 0. The van der Waals surface area contributed by atoms with Gasteiger partial charge in [0.1, 0.15) is 11.5 Å². The van der Waals surface area contributed by atoms with Crippen molar-refractivity contribution < 1.29 is 14.3 Å². The Labute approximate surface area is 152 Å². The molecule has 1 N–H and O–H groups in total. The number of nitrogens with zero attached hydrogens (tertiary/aromatic N) is 2. The summed E-state index contributed by atoms with van der Waals surface area (Å²) in [7, 11) is 0. The minimum atomic E-state index is -1.22. The molecule has 4 rings (SSSR count). The van der Waals surface area contributed by atoms with E-state index in [0.717, 1.165) is 10.2 Å². The zero-order chi connectivity index (χ0) is 17.9. The van der Waals surface area contributed by atoms with Crippen LogP contribution in [0.1, 0.15) is 16.1 Å². The fourth-order valence-corrected chi connectivity index (χ4v) is 3.26. The smallest absolute Gasteiger partial charge is 0.204 e. The number of aromatic carboxylic acids is 1. The molecule has 2 heterocycles. The lowest BCUT2D eigenvalue weighted by atomic mass is 10.1. The number of thiazole rings is 1. The number of benzene rings is 2. The number of carbonyl (C=O) groups is 1. The van der Waals surface area contributed by atoms with Gasteiger partial charge in [0.15, 0.2) is 0 Å². The van der Waals surface area contributed by atoms with E-state index in [1.54, 1.807) is 24.3 Å². The highest BCUT2D eigenvalue weighted by atomic mass is 32.1. The fraction of sp³-hybridized carbons (Fsp3) is 0. The van der Waals surface area contributed by atoms with Crippen molar-refractivity contribution in [1.29, 1.82) is 0 Å². The van der Waals surface area contributed by atoms with Crippen molar-refractivity contribution in [2.75, 3.05) is 5.43 Å². The maximum atomic E-state index is 11.0. The number of fused-ring (bicyclic) bond motifs is 1. The first-order valence-electron chi connectivity index (χ1n) is 7.75. The Morgan fingerprint density at radius 3 is 2.88 bits per heavy atom. The molecule has 4 aromatic rings. The molecule has 2 aromatic carbocycles. The molecular weight excluding hydrogens is 350 g/mol. The minimum absolute atomic E-state index is 0.103. The molecule has 0 spiro atoms. The van der Waals surface area contributed by atoms with Crippen LogP contribution in [0, 0.1) is 0 Å². The van der Waals surface area contributed by atoms with E-state index in [4.69, 9.17) is 4.42 Å². The summed E-state index contributed by atoms with van der Waals surface area (Å²) in [5.41, 5.74) is 4.57. The third kappa shape index (κ3) is 3.33. The number of nitrogens with one attached hydrogen (secondary N) is 1. The summed E-state index contributed by atoms with van der Waals surface area (Å²) in [5.74, 6) is -0.137. The second-order valence-electron chi connectivity index (χ2n) is 5.43. The van der Waals surface area contributed by atoms with Gasteiger partial charge in [0.05, 0.1) is 22.4 Å². The Kier molecular flexibility index (Phi) is 4.20. The zero-order valence-electron chi connectivity index (χ0n) is 13.4. The van der Waals surface area contributed by atoms with Crippen molar-refractivity contribution in [2.24, 2.45) is 5.10 Å². The third-order valence-corrected chi connectivity index (χ3v) is 4.60. The molecule has 0 aliphatic rings. The molecule has 0 saturated carbocycles. The van der Waals surface area contributed by atoms with Gasteiger partial charge in [0.25, 0.3) is 0 Å². The molecule has 7 heteroatoms. The Morgan fingerprint density at radius 2 is 2.04 bits per heavy atom. The van der Waals surface area contributed by atoms with Gasteiger partial charge >= 0.3 is 0 Å². The van der Waals surface area contributed by atoms with Gasteiger partial charge < -0.3 is 14.3 Å². The number of carboxylic acid groups (broad SMARTS) is 1. The Bertz CT molecular complexity index is 1080. The Hall–Kier alpha value is -3.45. The second kappa shape index (κ2) is 6.81. The number of aromatic nitrogens is 1. The molecule has 0 unspecified atom stereocenters. The summed E-state index contributed by atoms with van der Waals surface area (Å²) in [6, 6.07) is 17.8. The number of anilines is 1. The molecule has 6 nitrogen and oxygen atoms in total. The lowest BCUT2D eigenvalue weighted by Gasteiger charge is -2.03. The molecule has 0 amide bonds. The monoisotopic (exact) mass is 362 g/mol. The number of rotatable bonds is 5. The number of hydrogen-bond donors (Lipinski definition) is 1. The van der Waals surface area contributed by atoms with E-state index in [9.17, 15) is 9.90 Å². The van der Waals surface area contributed by atoms with Crippen molar-refractivity contribution in [3.63, 3.8) is 0 Å². The number of hydrogen-bond acceptors (Lipinski definition) is 7. The molecule has 0 fully saturated rings. The largest absolute Gasteiger partial charge is 0.545 e. The standard InChI is InChI=1S/C19H13N3O3S/c23-18(24)13-5-3-4-12(10-13)16-9-8-14(25-16)11-20-22-19-21-15-6-1-2-7-17(15)26-19/h1-11H,(H,21,22)(H,23,24)/p-1/b20-11-. The van der Waals surface area contributed by atoms with Gasteiger partial charge in [-0.25, -0.2) is 4.98 Å². The van der Waals surface area contributed by atoms with E-state index in [1.807, 2.05) is 24.3 Å². The van der Waals surface area contributed by atoms with Crippen LogP contribution in [0.2, 0.25) is 0 Å². The second-order valence-corrected chi connectivity index (χ2v) is 6.46. The predicted octanol–water partition coefficient (Wildman–Crippen LogP) is 3.37. The third-order valence-electron chi connectivity index (χ3n) is 3.66. The first-order valence-corrected chi connectivity index (χ1v) is 8.57. The van der Waals surface area contributed by atoms with Crippen molar-refractivity contribution >= 4 is 38.9 Å². The van der Waals surface area contributed by atoms with Gasteiger partial charge in [-0.2, -0.15) is 5.10 Å². The Balaban J connectivity index is 1.48. The van der Waals surface area contributed by atoms with Crippen molar-refractivity contribution in [3.8, 4) is 11.3 Å². The van der Waals surface area contributed by atoms with Crippen LogP contribution in [0.15, 0.2) is 70.2 Å². The van der Waals surface area contributed by atoms with Crippen molar-refractivity contribution in [3.05, 3.63) is 72.0 Å². The minimum Gasteiger partial charge on any atom is -0.545 e. The van der Waals surface area contributed by atoms with Crippen LogP contribution in [0.3, 0.4) is 0 Å². The summed E-state index contributed by atoms with van der Waals surface area (Å²) in [4.78, 5) is 15.4. The molecule has 2 aromatic heterocycles. The van der Waals surface area contributed by atoms with E-state index in [0.29, 0.717) is 22.2 Å². The van der Waals surface area contributed by atoms with Gasteiger partial charge in [-0.15, -0.1) is 0 Å². The van der Waals surface area contributed by atoms with E-state index in [-0.39, 0.29) is 5.56 Å². The van der Waals surface area contributed by atoms with Gasteiger partial charge in [-0.05, 0) is 35.9 Å². The number of carbonyl (C=O) groups excluding carboxylic acids is 1. The maximum absolute atomic E-state index is 11.0. The first-order chi connectivity index (χ1) is 12.7. The molecule has 26 heavy (non-hydrogen) atoms. The number of hydrazone groups is 1. The maximum Gasteiger partial charge on any atom is 0.204 e. The van der Waals surface area contributed by atoms with Crippen LogP contribution in [0.5, 0.6) is 0 Å². The lowest BCUT2D eigenvalue weighted by Crippen LogP contribution is -2.22. The van der Waals surface area contributed by atoms with Crippen LogP contribution in [-0.4, -0.2) is 17.2 Å². The van der Waals surface area contributed by atoms with E-state index >= 15 is 0 Å². The molecule has 0 radical (unpaired) electrons. The SMILES string of the molecule is O=C([O-])c1cccc(-c2ccc(/C=N\Nc3nc4ccccc4s3)o2)c1. The summed E-state index contributed by atoms with van der Waals surface area (Å²) >= 11 is 1.51. The number of furan rings is 1. The quantitative estimate of drug-likeness (QED) is 0.434. The zero-order valence-corrected chi connectivity index (χ0v) is 14.2. The topological polar surface area (TPSA) is 90.5 Å². The number of para-hydroxylation sites is 1. The lowest BCUT2D eigenvalue weighted by molar-refractivity contribution is -0.255. The first kappa shape index (κ1) is 16.0. The molecule has 0 atom stereocenters. The highest BCUT2D eigenvalue weighted by molar-refractivity contribution is 7.22. The van der Waals surface area contributed by atoms with Crippen LogP contribution < -0.4 is 10.5 Å². The van der Waals surface area contributed by atoms with Crippen molar-refractivity contribution in [2.45, 2.75) is 0 Å². The number of carboxylic acids is 1. The highest BCUT2D eigenvalue weighted by Gasteiger charge is 2.05. The van der Waals surface area contributed by atoms with E-state index in [2.05, 4.69) is 15.5 Å². The molecule has 0 aliphatic carbocycles. The average molecular weight is 362 g/mol. The summed E-state index contributed by atoms with van der Waals surface area (Å²) in [6.07, 6.45) is 1.54.